The molecule has 8 nitrogen and oxygen atoms in total. The minimum Gasteiger partial charge on any atom is -0.497 e. The van der Waals surface area contributed by atoms with Gasteiger partial charge >= 0.3 is 0 Å². The van der Waals surface area contributed by atoms with E-state index in [1.807, 2.05) is 66.9 Å². The van der Waals surface area contributed by atoms with E-state index in [2.05, 4.69) is 20.7 Å². The third-order valence-electron chi connectivity index (χ3n) is 4.80. The van der Waals surface area contributed by atoms with E-state index in [0.29, 0.717) is 22.6 Å². The number of thioether (sulfide) groups is 1. The number of benzene rings is 2. The summed E-state index contributed by atoms with van der Waals surface area (Å²) < 4.78 is 12.3. The van der Waals surface area contributed by atoms with Gasteiger partial charge in [-0.1, -0.05) is 34.6 Å². The van der Waals surface area contributed by atoms with Gasteiger partial charge in [0.15, 0.2) is 11.0 Å². The summed E-state index contributed by atoms with van der Waals surface area (Å²) in [5.41, 5.74) is 3.65. The number of rotatable bonds is 7. The molecule has 2 heterocycles. The summed E-state index contributed by atoms with van der Waals surface area (Å²) in [6.45, 7) is 5.64. The number of methoxy groups -OCH3 is 1. The molecule has 0 aliphatic heterocycles. The van der Waals surface area contributed by atoms with Crippen molar-refractivity contribution in [3.8, 4) is 22.8 Å². The van der Waals surface area contributed by atoms with Gasteiger partial charge < -0.3 is 9.26 Å². The topological polar surface area (TPSA) is 95.1 Å². The summed E-state index contributed by atoms with van der Waals surface area (Å²) in [5, 5.41) is 15.5. The van der Waals surface area contributed by atoms with Gasteiger partial charge in [-0.15, -0.1) is 10.2 Å². The van der Waals surface area contributed by atoms with E-state index in [1.54, 1.807) is 20.1 Å². The fourth-order valence-electron chi connectivity index (χ4n) is 3.06. The number of nitrogens with zero attached hydrogens (tertiary/aromatic N) is 4. The number of hydrogen-bond donors (Lipinski definition) is 1. The maximum Gasteiger partial charge on any atom is 0.240 e. The lowest BCUT2D eigenvalue weighted by Gasteiger charge is -2.13. The highest BCUT2D eigenvalue weighted by Crippen LogP contribution is 2.31. The summed E-state index contributed by atoms with van der Waals surface area (Å²) in [5.74, 6) is 1.55. The second-order valence-corrected chi connectivity index (χ2v) is 8.60. The summed E-state index contributed by atoms with van der Waals surface area (Å²) in [6, 6.07) is 17.4. The number of aromatic nitrogens is 4. The average Bonchev–Trinajstić information content (AvgIpc) is 3.40. The molecule has 1 unspecified atom stereocenters. The number of aryl methyl sites for hydroxylation is 2. The first kappa shape index (κ1) is 21.6. The first-order valence-corrected chi connectivity index (χ1v) is 10.9. The first-order chi connectivity index (χ1) is 15.4. The van der Waals surface area contributed by atoms with E-state index in [-0.39, 0.29) is 5.91 Å². The molecule has 0 saturated carbocycles. The molecule has 164 valence electrons. The van der Waals surface area contributed by atoms with Crippen LogP contribution in [0.1, 0.15) is 18.2 Å². The standard InChI is InChI=1S/C23H23N5O3S/c1-14-5-9-18(10-6-14)28-21(17-7-11-19(30-4)12-8-17)25-26-23(28)32-16(3)22(29)24-20-13-15(2)27-31-20/h5-13,16H,1-4H3,(H,24,29). The molecule has 32 heavy (non-hydrogen) atoms. The Labute approximate surface area is 190 Å². The van der Waals surface area contributed by atoms with Crippen LogP contribution in [0.25, 0.3) is 17.1 Å². The van der Waals surface area contributed by atoms with Crippen molar-refractivity contribution in [2.45, 2.75) is 31.2 Å². The lowest BCUT2D eigenvalue weighted by atomic mass is 10.2. The molecule has 0 aliphatic carbocycles. The summed E-state index contributed by atoms with van der Waals surface area (Å²) in [4.78, 5) is 12.7. The Morgan fingerprint density at radius 3 is 2.44 bits per heavy atom. The van der Waals surface area contributed by atoms with Crippen LogP contribution in [-0.2, 0) is 4.79 Å². The van der Waals surface area contributed by atoms with E-state index in [4.69, 9.17) is 9.26 Å². The van der Waals surface area contributed by atoms with Crippen molar-refractivity contribution >= 4 is 23.6 Å². The van der Waals surface area contributed by atoms with Crippen molar-refractivity contribution in [1.82, 2.24) is 19.9 Å². The number of ether oxygens (including phenoxy) is 1. The van der Waals surface area contributed by atoms with Crippen LogP contribution >= 0.6 is 11.8 Å². The normalized spacial score (nSPS) is 11.9. The van der Waals surface area contributed by atoms with Gasteiger partial charge in [-0.3, -0.25) is 14.7 Å². The van der Waals surface area contributed by atoms with Crippen LogP contribution < -0.4 is 10.1 Å². The Morgan fingerprint density at radius 1 is 1.09 bits per heavy atom. The second kappa shape index (κ2) is 9.27. The van der Waals surface area contributed by atoms with Crippen LogP contribution in [0.15, 0.2) is 64.3 Å². The van der Waals surface area contributed by atoms with E-state index < -0.39 is 5.25 Å². The molecular weight excluding hydrogens is 426 g/mol. The van der Waals surface area contributed by atoms with Gasteiger partial charge in [-0.05, 0) is 57.2 Å². The molecule has 0 bridgehead atoms. The third kappa shape index (κ3) is 4.67. The Kier molecular flexibility index (Phi) is 6.27. The highest BCUT2D eigenvalue weighted by Gasteiger charge is 2.22. The highest BCUT2D eigenvalue weighted by molar-refractivity contribution is 8.00. The summed E-state index contributed by atoms with van der Waals surface area (Å²) >= 11 is 1.32. The van der Waals surface area contributed by atoms with Crippen LogP contribution in [0.2, 0.25) is 0 Å². The number of anilines is 1. The monoisotopic (exact) mass is 449 g/mol. The molecule has 4 rings (SSSR count). The lowest BCUT2D eigenvalue weighted by molar-refractivity contribution is -0.115. The molecule has 2 aromatic carbocycles. The van der Waals surface area contributed by atoms with Crippen molar-refractivity contribution < 1.29 is 14.1 Å². The smallest absolute Gasteiger partial charge is 0.240 e. The van der Waals surface area contributed by atoms with Crippen LogP contribution in [0.4, 0.5) is 5.88 Å². The van der Waals surface area contributed by atoms with Crippen molar-refractivity contribution in [2.24, 2.45) is 0 Å². The molecule has 1 amide bonds. The molecule has 0 spiro atoms. The molecule has 1 N–H and O–H groups in total. The van der Waals surface area contributed by atoms with Gasteiger partial charge in [0.1, 0.15) is 5.75 Å². The molecule has 0 aliphatic rings. The lowest BCUT2D eigenvalue weighted by Crippen LogP contribution is -2.22. The second-order valence-electron chi connectivity index (χ2n) is 7.29. The van der Waals surface area contributed by atoms with E-state index in [0.717, 1.165) is 22.6 Å². The third-order valence-corrected chi connectivity index (χ3v) is 5.84. The van der Waals surface area contributed by atoms with Gasteiger partial charge in [0.25, 0.3) is 0 Å². The van der Waals surface area contributed by atoms with Crippen molar-refractivity contribution in [3.05, 3.63) is 65.9 Å². The Bertz CT molecular complexity index is 1220. The first-order valence-electron chi connectivity index (χ1n) is 10.0. The minimum absolute atomic E-state index is 0.212. The Balaban J connectivity index is 1.65. The molecule has 0 fully saturated rings. The molecule has 9 heteroatoms. The number of hydrogen-bond acceptors (Lipinski definition) is 7. The number of amides is 1. The maximum absolute atomic E-state index is 12.7. The predicted octanol–water partition coefficient (Wildman–Crippen LogP) is 4.67. The Morgan fingerprint density at radius 2 is 1.81 bits per heavy atom. The molecule has 0 radical (unpaired) electrons. The molecule has 4 aromatic rings. The summed E-state index contributed by atoms with van der Waals surface area (Å²) in [7, 11) is 1.63. The molecular formula is C23H23N5O3S. The predicted molar refractivity (Wildman–Crippen MR) is 123 cm³/mol. The number of nitrogens with one attached hydrogen (secondary N) is 1. The summed E-state index contributed by atoms with van der Waals surface area (Å²) in [6.07, 6.45) is 0. The van der Waals surface area contributed by atoms with E-state index >= 15 is 0 Å². The van der Waals surface area contributed by atoms with Crippen LogP contribution in [-0.4, -0.2) is 38.2 Å². The molecule has 2 aromatic heterocycles. The van der Waals surface area contributed by atoms with E-state index in [1.165, 1.54) is 11.8 Å². The maximum atomic E-state index is 12.7. The number of carbonyl (C=O) groups excluding carboxylic acids is 1. The fourth-order valence-corrected chi connectivity index (χ4v) is 3.92. The molecule has 0 saturated heterocycles. The average molecular weight is 450 g/mol. The Hall–Kier alpha value is -3.59. The van der Waals surface area contributed by atoms with Crippen molar-refractivity contribution in [2.75, 3.05) is 12.4 Å². The van der Waals surface area contributed by atoms with E-state index in [9.17, 15) is 4.79 Å². The van der Waals surface area contributed by atoms with Crippen molar-refractivity contribution in [3.63, 3.8) is 0 Å². The minimum atomic E-state index is -0.447. The van der Waals surface area contributed by atoms with Gasteiger partial charge in [0.05, 0.1) is 18.1 Å². The van der Waals surface area contributed by atoms with Crippen LogP contribution in [0, 0.1) is 13.8 Å². The highest BCUT2D eigenvalue weighted by atomic mass is 32.2. The largest absolute Gasteiger partial charge is 0.497 e. The van der Waals surface area contributed by atoms with Gasteiger partial charge in [0.2, 0.25) is 11.8 Å². The molecule has 1 atom stereocenters. The number of carbonyl (C=O) groups is 1. The zero-order valence-corrected chi connectivity index (χ0v) is 19.0. The zero-order valence-electron chi connectivity index (χ0n) is 18.2. The van der Waals surface area contributed by atoms with Gasteiger partial charge in [0, 0.05) is 17.3 Å². The van der Waals surface area contributed by atoms with Gasteiger partial charge in [-0.2, -0.15) is 0 Å². The van der Waals surface area contributed by atoms with Crippen LogP contribution in [0.3, 0.4) is 0 Å². The van der Waals surface area contributed by atoms with Gasteiger partial charge in [-0.25, -0.2) is 0 Å². The van der Waals surface area contributed by atoms with Crippen LogP contribution in [0.5, 0.6) is 5.75 Å². The fraction of sp³-hybridized carbons (Fsp3) is 0.217. The quantitative estimate of drug-likeness (QED) is 0.410. The SMILES string of the molecule is COc1ccc(-c2nnc(SC(C)C(=O)Nc3cc(C)no3)n2-c2ccc(C)cc2)cc1. The van der Waals surface area contributed by atoms with Crippen molar-refractivity contribution in [1.29, 1.82) is 0 Å². The zero-order chi connectivity index (χ0) is 22.7.